The van der Waals surface area contributed by atoms with Crippen LogP contribution in [0.4, 0.5) is 11.4 Å². The standard InChI is InChI=1S/C25H22ClN3O3/c1-28(2)21-13-10-18(23(15-21)32-16-17-8-11-19(26)12-9-17)14-22-24(30)27-29(25(22)31)20-6-4-3-5-7-20/h3-15H,16H2,1-2H3,(H,27,30)/b22-14-. The van der Waals surface area contributed by atoms with Crippen molar-refractivity contribution in [3.63, 3.8) is 0 Å². The molecule has 0 radical (unpaired) electrons. The van der Waals surface area contributed by atoms with Crippen LogP contribution >= 0.6 is 11.6 Å². The van der Waals surface area contributed by atoms with Gasteiger partial charge in [-0.15, -0.1) is 0 Å². The van der Waals surface area contributed by atoms with Crippen LogP contribution in [0.2, 0.25) is 5.02 Å². The number of carbonyl (C=O) groups excluding carboxylic acids is 2. The number of hydrogen-bond donors (Lipinski definition) is 1. The van der Waals surface area contributed by atoms with Crippen LogP contribution in [0.1, 0.15) is 11.1 Å². The van der Waals surface area contributed by atoms with E-state index in [-0.39, 0.29) is 5.57 Å². The lowest BCUT2D eigenvalue weighted by Crippen LogP contribution is -2.35. The molecular formula is C25H22ClN3O3. The van der Waals surface area contributed by atoms with Crippen molar-refractivity contribution >= 4 is 40.9 Å². The molecule has 3 aromatic carbocycles. The van der Waals surface area contributed by atoms with Crippen molar-refractivity contribution in [2.45, 2.75) is 6.61 Å². The highest BCUT2D eigenvalue weighted by molar-refractivity contribution is 6.31. The summed E-state index contributed by atoms with van der Waals surface area (Å²) >= 11 is 5.96. The van der Waals surface area contributed by atoms with Crippen molar-refractivity contribution in [3.05, 3.63) is 94.5 Å². The number of para-hydroxylation sites is 1. The Morgan fingerprint density at radius 1 is 1.00 bits per heavy atom. The Balaban J connectivity index is 1.64. The first-order chi connectivity index (χ1) is 15.4. The third-order valence-electron chi connectivity index (χ3n) is 5.03. The van der Waals surface area contributed by atoms with E-state index in [0.29, 0.717) is 28.6 Å². The first kappa shape index (κ1) is 21.5. The van der Waals surface area contributed by atoms with E-state index in [1.165, 1.54) is 5.01 Å². The average Bonchev–Trinajstić information content (AvgIpc) is 3.08. The van der Waals surface area contributed by atoms with Gasteiger partial charge in [-0.1, -0.05) is 41.9 Å². The highest BCUT2D eigenvalue weighted by Gasteiger charge is 2.34. The molecule has 0 unspecified atom stereocenters. The van der Waals surface area contributed by atoms with Crippen LogP contribution in [0.25, 0.3) is 6.08 Å². The number of nitrogens with one attached hydrogen (secondary N) is 1. The second-order valence-corrected chi connectivity index (χ2v) is 7.94. The number of amides is 2. The second-order valence-electron chi connectivity index (χ2n) is 7.51. The Morgan fingerprint density at radius 2 is 1.72 bits per heavy atom. The molecule has 7 heteroatoms. The van der Waals surface area contributed by atoms with Gasteiger partial charge in [0.05, 0.1) is 5.69 Å². The molecule has 1 aliphatic rings. The van der Waals surface area contributed by atoms with E-state index in [9.17, 15) is 9.59 Å². The number of carbonyl (C=O) groups is 2. The molecule has 1 saturated heterocycles. The Kier molecular flexibility index (Phi) is 6.14. The van der Waals surface area contributed by atoms with Crippen molar-refractivity contribution < 1.29 is 14.3 Å². The minimum atomic E-state index is -0.459. The van der Waals surface area contributed by atoms with Gasteiger partial charge in [-0.3, -0.25) is 15.0 Å². The molecule has 0 saturated carbocycles. The topological polar surface area (TPSA) is 61.9 Å². The van der Waals surface area contributed by atoms with E-state index in [0.717, 1.165) is 11.3 Å². The summed E-state index contributed by atoms with van der Waals surface area (Å²) in [5.41, 5.74) is 5.78. The zero-order valence-electron chi connectivity index (χ0n) is 17.7. The van der Waals surface area contributed by atoms with Gasteiger partial charge in [0.2, 0.25) is 0 Å². The SMILES string of the molecule is CN(C)c1ccc(/C=C2/C(=O)NN(c3ccccc3)C2=O)c(OCc2ccc(Cl)cc2)c1. The lowest BCUT2D eigenvalue weighted by molar-refractivity contribution is -0.117. The molecule has 6 nitrogen and oxygen atoms in total. The Hall–Kier alpha value is -3.77. The number of rotatable bonds is 6. The number of anilines is 2. The summed E-state index contributed by atoms with van der Waals surface area (Å²) in [6, 6.07) is 22.0. The monoisotopic (exact) mass is 447 g/mol. The number of hydrogen-bond acceptors (Lipinski definition) is 4. The quantitative estimate of drug-likeness (QED) is 0.448. The molecule has 32 heavy (non-hydrogen) atoms. The van der Waals surface area contributed by atoms with Crippen molar-refractivity contribution in [1.82, 2.24) is 5.43 Å². The zero-order valence-corrected chi connectivity index (χ0v) is 18.5. The summed E-state index contributed by atoms with van der Waals surface area (Å²) in [7, 11) is 3.87. The fourth-order valence-corrected chi connectivity index (χ4v) is 3.38. The van der Waals surface area contributed by atoms with Gasteiger partial charge in [-0.05, 0) is 48.0 Å². The summed E-state index contributed by atoms with van der Waals surface area (Å²) in [4.78, 5) is 27.5. The van der Waals surface area contributed by atoms with Crippen LogP contribution < -0.4 is 20.1 Å². The van der Waals surface area contributed by atoms with Gasteiger partial charge in [-0.25, -0.2) is 5.01 Å². The molecule has 0 aromatic heterocycles. The van der Waals surface area contributed by atoms with E-state index in [1.54, 1.807) is 42.5 Å². The molecule has 3 aromatic rings. The van der Waals surface area contributed by atoms with Crippen molar-refractivity contribution in [3.8, 4) is 5.75 Å². The molecule has 1 fully saturated rings. The van der Waals surface area contributed by atoms with Crippen LogP contribution in [0.15, 0.2) is 78.4 Å². The molecule has 1 heterocycles. The largest absolute Gasteiger partial charge is 0.488 e. The van der Waals surface area contributed by atoms with Crippen LogP contribution in [0, 0.1) is 0 Å². The van der Waals surface area contributed by atoms with Crippen molar-refractivity contribution in [1.29, 1.82) is 0 Å². The minimum Gasteiger partial charge on any atom is -0.488 e. The van der Waals surface area contributed by atoms with Gasteiger partial charge in [0.15, 0.2) is 0 Å². The summed E-state index contributed by atoms with van der Waals surface area (Å²) < 4.78 is 6.08. The molecule has 162 valence electrons. The molecule has 1 N–H and O–H groups in total. The molecule has 0 bridgehead atoms. The summed E-state index contributed by atoms with van der Waals surface area (Å²) in [6.45, 7) is 0.320. The number of ether oxygens (including phenoxy) is 1. The summed E-state index contributed by atoms with van der Waals surface area (Å²) in [5, 5.41) is 1.90. The number of halogens is 1. The Morgan fingerprint density at radius 3 is 2.41 bits per heavy atom. The van der Waals surface area contributed by atoms with Gasteiger partial charge < -0.3 is 9.64 Å². The van der Waals surface area contributed by atoms with Crippen molar-refractivity contribution in [2.24, 2.45) is 0 Å². The molecule has 1 aliphatic heterocycles. The maximum absolute atomic E-state index is 12.9. The molecule has 4 rings (SSSR count). The van der Waals surface area contributed by atoms with Gasteiger partial charge in [0.25, 0.3) is 11.8 Å². The van der Waals surface area contributed by atoms with E-state index < -0.39 is 11.8 Å². The van der Waals surface area contributed by atoms with Gasteiger partial charge >= 0.3 is 0 Å². The second kappa shape index (κ2) is 9.16. The van der Waals surface area contributed by atoms with E-state index in [1.807, 2.05) is 55.4 Å². The molecular weight excluding hydrogens is 426 g/mol. The number of hydrazine groups is 1. The Bertz CT molecular complexity index is 1170. The fourth-order valence-electron chi connectivity index (χ4n) is 3.26. The fraction of sp³-hybridized carbons (Fsp3) is 0.120. The van der Waals surface area contributed by atoms with E-state index >= 15 is 0 Å². The third kappa shape index (κ3) is 4.60. The molecule has 0 aliphatic carbocycles. The predicted molar refractivity (Wildman–Crippen MR) is 127 cm³/mol. The first-order valence-electron chi connectivity index (χ1n) is 10.0. The first-order valence-corrected chi connectivity index (χ1v) is 10.4. The van der Waals surface area contributed by atoms with Gasteiger partial charge in [0, 0.05) is 36.4 Å². The van der Waals surface area contributed by atoms with Gasteiger partial charge in [0.1, 0.15) is 17.9 Å². The smallest absolute Gasteiger partial charge is 0.282 e. The predicted octanol–water partition coefficient (Wildman–Crippen LogP) is 4.45. The normalized spacial score (nSPS) is 14.6. The highest BCUT2D eigenvalue weighted by atomic mass is 35.5. The summed E-state index contributed by atoms with van der Waals surface area (Å²) in [5.74, 6) is -0.307. The van der Waals surface area contributed by atoms with E-state index in [2.05, 4.69) is 5.43 Å². The maximum Gasteiger partial charge on any atom is 0.282 e. The lowest BCUT2D eigenvalue weighted by Gasteiger charge is -2.16. The van der Waals surface area contributed by atoms with Crippen molar-refractivity contribution in [2.75, 3.05) is 24.0 Å². The molecule has 0 atom stereocenters. The summed E-state index contributed by atoms with van der Waals surface area (Å²) in [6.07, 6.45) is 1.57. The molecule has 0 spiro atoms. The van der Waals surface area contributed by atoms with Crippen LogP contribution in [-0.4, -0.2) is 25.9 Å². The number of nitrogens with zero attached hydrogens (tertiary/aromatic N) is 2. The Labute approximate surface area is 191 Å². The van der Waals surface area contributed by atoms with E-state index in [4.69, 9.17) is 16.3 Å². The lowest BCUT2D eigenvalue weighted by atomic mass is 10.1. The number of benzene rings is 3. The van der Waals surface area contributed by atoms with Crippen LogP contribution in [-0.2, 0) is 16.2 Å². The van der Waals surface area contributed by atoms with Crippen LogP contribution in [0.3, 0.4) is 0 Å². The minimum absolute atomic E-state index is 0.0443. The van der Waals surface area contributed by atoms with Crippen LogP contribution in [0.5, 0.6) is 5.75 Å². The molecule has 2 amide bonds. The van der Waals surface area contributed by atoms with Gasteiger partial charge in [-0.2, -0.15) is 0 Å². The maximum atomic E-state index is 12.9. The third-order valence-corrected chi connectivity index (χ3v) is 5.28. The average molecular weight is 448 g/mol. The zero-order chi connectivity index (χ0) is 22.7. The highest BCUT2D eigenvalue weighted by Crippen LogP contribution is 2.29.